The molecule has 100 valence electrons. The van der Waals surface area contributed by atoms with E-state index in [0.717, 1.165) is 18.5 Å². The Hall–Kier alpha value is -1.10. The maximum Gasteiger partial charge on any atom is 0.292 e. The van der Waals surface area contributed by atoms with Crippen LogP contribution in [0.3, 0.4) is 0 Å². The number of alkyl halides is 1. The third kappa shape index (κ3) is 3.98. The topological polar surface area (TPSA) is 46.4 Å². The Morgan fingerprint density at radius 3 is 2.61 bits per heavy atom. The Balaban J connectivity index is 2.96. The van der Waals surface area contributed by atoms with E-state index in [9.17, 15) is 10.1 Å². The highest BCUT2D eigenvalue weighted by atomic mass is 79.9. The highest BCUT2D eigenvalue weighted by molar-refractivity contribution is 9.08. The molecule has 0 atom stereocenters. The van der Waals surface area contributed by atoms with Gasteiger partial charge in [0.25, 0.3) is 5.69 Å². The summed E-state index contributed by atoms with van der Waals surface area (Å²) in [4.78, 5) is 12.7. The summed E-state index contributed by atoms with van der Waals surface area (Å²) < 4.78 is 0. The molecule has 0 aliphatic heterocycles. The summed E-state index contributed by atoms with van der Waals surface area (Å²) in [5.41, 5.74) is 1.78. The lowest BCUT2D eigenvalue weighted by molar-refractivity contribution is -0.384. The van der Waals surface area contributed by atoms with Crippen LogP contribution in [0.2, 0.25) is 0 Å². The number of anilines is 1. The van der Waals surface area contributed by atoms with Crippen molar-refractivity contribution in [2.75, 3.05) is 18.5 Å². The first-order valence-corrected chi connectivity index (χ1v) is 7.12. The summed E-state index contributed by atoms with van der Waals surface area (Å²) in [6.07, 6.45) is 1.02. The van der Waals surface area contributed by atoms with Crippen molar-refractivity contribution in [3.63, 3.8) is 0 Å². The molecule has 0 aliphatic rings. The van der Waals surface area contributed by atoms with Crippen molar-refractivity contribution in [2.24, 2.45) is 5.92 Å². The zero-order chi connectivity index (χ0) is 13.7. The Labute approximate surface area is 116 Å². The van der Waals surface area contributed by atoms with Crippen LogP contribution in [-0.4, -0.2) is 18.5 Å². The molecule has 0 amide bonds. The highest BCUT2D eigenvalue weighted by Gasteiger charge is 2.17. The SMILES string of the molecule is CC(C)CCN(C)c1ccc(CBr)cc1[N+](=O)[O-]. The number of hydrogen-bond acceptors (Lipinski definition) is 3. The molecule has 18 heavy (non-hydrogen) atoms. The molecular formula is C13H19BrN2O2. The van der Waals surface area contributed by atoms with Gasteiger partial charge >= 0.3 is 0 Å². The molecule has 0 aromatic heterocycles. The van der Waals surface area contributed by atoms with Crippen molar-refractivity contribution in [2.45, 2.75) is 25.6 Å². The van der Waals surface area contributed by atoms with E-state index in [1.807, 2.05) is 24.1 Å². The lowest BCUT2D eigenvalue weighted by Gasteiger charge is -2.20. The van der Waals surface area contributed by atoms with Gasteiger partial charge in [0.05, 0.1) is 4.92 Å². The Kier molecular flexibility index (Phi) is 5.59. The van der Waals surface area contributed by atoms with Gasteiger partial charge in [0.15, 0.2) is 0 Å². The van der Waals surface area contributed by atoms with Crippen LogP contribution >= 0.6 is 15.9 Å². The second kappa shape index (κ2) is 6.73. The van der Waals surface area contributed by atoms with Gasteiger partial charge < -0.3 is 4.90 Å². The number of rotatable bonds is 6. The third-order valence-corrected chi connectivity index (χ3v) is 3.49. The van der Waals surface area contributed by atoms with Crippen molar-refractivity contribution in [3.8, 4) is 0 Å². The quantitative estimate of drug-likeness (QED) is 0.453. The molecule has 0 spiro atoms. The van der Waals surface area contributed by atoms with Gasteiger partial charge in [-0.25, -0.2) is 0 Å². The van der Waals surface area contributed by atoms with Crippen LogP contribution in [0.4, 0.5) is 11.4 Å². The van der Waals surface area contributed by atoms with E-state index in [4.69, 9.17) is 0 Å². The van der Waals surface area contributed by atoms with Gasteiger partial charge in [-0.15, -0.1) is 0 Å². The molecule has 1 aromatic carbocycles. The van der Waals surface area contributed by atoms with Crippen LogP contribution in [0.25, 0.3) is 0 Å². The van der Waals surface area contributed by atoms with Crippen LogP contribution in [0, 0.1) is 16.0 Å². The molecule has 0 aliphatic carbocycles. The largest absolute Gasteiger partial charge is 0.369 e. The molecule has 1 rings (SSSR count). The number of nitro benzene ring substituents is 1. The Morgan fingerprint density at radius 1 is 1.44 bits per heavy atom. The number of nitrogens with zero attached hydrogens (tertiary/aromatic N) is 2. The van der Waals surface area contributed by atoms with Crippen LogP contribution in [-0.2, 0) is 5.33 Å². The van der Waals surface area contributed by atoms with Crippen molar-refractivity contribution in [1.82, 2.24) is 0 Å². The lowest BCUT2D eigenvalue weighted by Crippen LogP contribution is -2.21. The fraction of sp³-hybridized carbons (Fsp3) is 0.538. The zero-order valence-corrected chi connectivity index (χ0v) is 12.6. The first-order chi connectivity index (χ1) is 8.45. The standard InChI is InChI=1S/C13H19BrN2O2/c1-10(2)6-7-15(3)12-5-4-11(9-14)8-13(12)16(17)18/h4-5,8,10H,6-7,9H2,1-3H3. The first kappa shape index (κ1) is 15.0. The Morgan fingerprint density at radius 2 is 2.11 bits per heavy atom. The van der Waals surface area contributed by atoms with Crippen LogP contribution in [0.15, 0.2) is 18.2 Å². The summed E-state index contributed by atoms with van der Waals surface area (Å²) in [5.74, 6) is 0.591. The molecule has 0 N–H and O–H groups in total. The van der Waals surface area contributed by atoms with Crippen molar-refractivity contribution in [3.05, 3.63) is 33.9 Å². The third-order valence-electron chi connectivity index (χ3n) is 2.84. The summed E-state index contributed by atoms with van der Waals surface area (Å²) >= 11 is 3.32. The second-order valence-corrected chi connectivity index (χ2v) is 5.38. The highest BCUT2D eigenvalue weighted by Crippen LogP contribution is 2.29. The maximum absolute atomic E-state index is 11.1. The molecule has 0 unspecified atom stereocenters. The van der Waals surface area contributed by atoms with Crippen LogP contribution in [0.5, 0.6) is 0 Å². The zero-order valence-electron chi connectivity index (χ0n) is 11.0. The minimum Gasteiger partial charge on any atom is -0.369 e. The molecule has 1 aromatic rings. The van der Waals surface area contributed by atoms with Gasteiger partial charge in [0.2, 0.25) is 0 Å². The minimum atomic E-state index is -0.312. The normalized spacial score (nSPS) is 10.7. The van der Waals surface area contributed by atoms with Gasteiger partial charge in [-0.2, -0.15) is 0 Å². The van der Waals surface area contributed by atoms with Crippen molar-refractivity contribution >= 4 is 27.3 Å². The van der Waals surface area contributed by atoms with Crippen LogP contribution < -0.4 is 4.90 Å². The smallest absolute Gasteiger partial charge is 0.292 e. The maximum atomic E-state index is 11.1. The molecule has 0 heterocycles. The fourth-order valence-electron chi connectivity index (χ4n) is 1.69. The summed E-state index contributed by atoms with van der Waals surface area (Å²) in [7, 11) is 1.90. The molecule has 0 fully saturated rings. The summed E-state index contributed by atoms with van der Waals surface area (Å²) in [6, 6.07) is 5.38. The van der Waals surface area contributed by atoms with Gasteiger partial charge in [0.1, 0.15) is 5.69 Å². The van der Waals surface area contributed by atoms with Crippen molar-refractivity contribution < 1.29 is 4.92 Å². The molecule has 4 nitrogen and oxygen atoms in total. The first-order valence-electron chi connectivity index (χ1n) is 6.00. The van der Waals surface area contributed by atoms with E-state index < -0.39 is 0 Å². The molecule has 0 bridgehead atoms. The number of hydrogen-bond donors (Lipinski definition) is 0. The fourth-order valence-corrected chi connectivity index (χ4v) is 2.04. The van der Waals surface area contributed by atoms with Crippen LogP contribution in [0.1, 0.15) is 25.8 Å². The van der Waals surface area contributed by atoms with E-state index in [0.29, 0.717) is 16.9 Å². The molecule has 0 radical (unpaired) electrons. The molecule has 0 saturated carbocycles. The van der Waals surface area contributed by atoms with Crippen molar-refractivity contribution in [1.29, 1.82) is 0 Å². The molecule has 5 heteroatoms. The average Bonchev–Trinajstić information content (AvgIpc) is 2.34. The van der Waals surface area contributed by atoms with E-state index in [2.05, 4.69) is 29.8 Å². The predicted octanol–water partition coefficient (Wildman–Crippen LogP) is 3.97. The van der Waals surface area contributed by atoms with E-state index in [-0.39, 0.29) is 10.6 Å². The number of benzene rings is 1. The summed E-state index contributed by atoms with van der Waals surface area (Å²) in [6.45, 7) is 5.12. The van der Waals surface area contributed by atoms with E-state index in [1.54, 1.807) is 6.07 Å². The van der Waals surface area contributed by atoms with E-state index in [1.165, 1.54) is 0 Å². The lowest BCUT2D eigenvalue weighted by atomic mass is 10.1. The second-order valence-electron chi connectivity index (χ2n) is 4.82. The van der Waals surface area contributed by atoms with Gasteiger partial charge in [-0.1, -0.05) is 35.8 Å². The van der Waals surface area contributed by atoms with Gasteiger partial charge in [-0.3, -0.25) is 10.1 Å². The average molecular weight is 315 g/mol. The minimum absolute atomic E-state index is 0.179. The predicted molar refractivity (Wildman–Crippen MR) is 78.5 cm³/mol. The Bertz CT molecular complexity index is 421. The van der Waals surface area contributed by atoms with E-state index >= 15 is 0 Å². The number of halogens is 1. The summed E-state index contributed by atoms with van der Waals surface area (Å²) in [5, 5.41) is 11.7. The van der Waals surface area contributed by atoms with Gasteiger partial charge in [0, 0.05) is 25.0 Å². The monoisotopic (exact) mass is 314 g/mol. The molecular weight excluding hydrogens is 296 g/mol. The number of nitro groups is 1. The van der Waals surface area contributed by atoms with Gasteiger partial charge in [-0.05, 0) is 24.0 Å². The molecule has 0 saturated heterocycles.